The molecule has 1 amide bonds. The first-order chi connectivity index (χ1) is 20.9. The Hall–Kier alpha value is -4.41. The molecule has 1 aliphatic heterocycles. The highest BCUT2D eigenvalue weighted by atomic mass is 31.2. The Kier molecular flexibility index (Phi) is 8.67. The van der Waals surface area contributed by atoms with Crippen molar-refractivity contribution in [1.82, 2.24) is 15.9 Å². The number of nitrogens with zero attached hydrogens (tertiary/aromatic N) is 2. The minimum atomic E-state index is -4.96. The summed E-state index contributed by atoms with van der Waals surface area (Å²) in [6.07, 6.45) is -9.91. The number of hydrogen-bond donors (Lipinski definition) is 2. The van der Waals surface area contributed by atoms with Gasteiger partial charge in [0.2, 0.25) is 0 Å². The van der Waals surface area contributed by atoms with Gasteiger partial charge in [-0.3, -0.25) is 4.79 Å². The lowest BCUT2D eigenvalue weighted by atomic mass is 10.0. The van der Waals surface area contributed by atoms with E-state index in [1.54, 1.807) is 84.9 Å². The van der Waals surface area contributed by atoms with Gasteiger partial charge in [-0.2, -0.15) is 36.5 Å². The first kappa shape index (κ1) is 31.0. The Bertz CT molecular complexity index is 1650. The van der Waals surface area contributed by atoms with Gasteiger partial charge in [-0.25, -0.2) is 5.53 Å². The lowest BCUT2D eigenvalue weighted by molar-refractivity contribution is -0.143. The van der Waals surface area contributed by atoms with Gasteiger partial charge >= 0.3 is 12.4 Å². The molecule has 4 aromatic carbocycles. The van der Waals surface area contributed by atoms with Gasteiger partial charge in [0.1, 0.15) is 0 Å². The number of carbonyl (C=O) groups excluding carboxylic acids is 1. The first-order valence-corrected chi connectivity index (χ1v) is 15.0. The first-order valence-electron chi connectivity index (χ1n) is 13.3. The summed E-state index contributed by atoms with van der Waals surface area (Å²) in [7, 11) is -3.47. The van der Waals surface area contributed by atoms with Gasteiger partial charge in [0.15, 0.2) is 7.14 Å². The molecular weight excluding hydrogens is 605 g/mol. The molecule has 0 bridgehead atoms. The van der Waals surface area contributed by atoms with Crippen molar-refractivity contribution >= 4 is 34.7 Å². The highest BCUT2D eigenvalue weighted by Gasteiger charge is 2.37. The molecule has 0 atom stereocenters. The second-order valence-corrected chi connectivity index (χ2v) is 12.8. The Labute approximate surface area is 248 Å². The van der Waals surface area contributed by atoms with Crippen LogP contribution in [0.1, 0.15) is 27.0 Å². The number of hydrazine groups is 1. The Morgan fingerprint density at radius 2 is 1.32 bits per heavy atom. The summed E-state index contributed by atoms with van der Waals surface area (Å²) in [5.74, 6) is -0.526. The van der Waals surface area contributed by atoms with Gasteiger partial charge in [0.25, 0.3) is 5.91 Å². The van der Waals surface area contributed by atoms with E-state index in [0.717, 1.165) is 0 Å². The third-order valence-corrected chi connectivity index (χ3v) is 10.0. The van der Waals surface area contributed by atoms with Crippen LogP contribution >= 0.6 is 7.14 Å². The van der Waals surface area contributed by atoms with Crippen molar-refractivity contribution in [3.63, 3.8) is 0 Å². The van der Waals surface area contributed by atoms with Crippen molar-refractivity contribution in [2.45, 2.75) is 18.9 Å². The summed E-state index contributed by atoms with van der Waals surface area (Å²) in [6.45, 7) is -0.367. The van der Waals surface area contributed by atoms with Crippen LogP contribution in [0, 0.1) is 0 Å². The van der Waals surface area contributed by atoms with Crippen LogP contribution in [0.25, 0.3) is 0 Å². The summed E-state index contributed by atoms with van der Waals surface area (Å²) in [4.78, 5) is 13.4. The maximum Gasteiger partial charge on any atom is 0.416 e. The second-order valence-electron chi connectivity index (χ2n) is 10.0. The van der Waals surface area contributed by atoms with E-state index in [-0.39, 0.29) is 36.8 Å². The maximum absolute atomic E-state index is 14.8. The second kappa shape index (κ2) is 12.3. The summed E-state index contributed by atoms with van der Waals surface area (Å²) in [6, 6.07) is 25.6. The van der Waals surface area contributed by atoms with Gasteiger partial charge in [-0.15, -0.1) is 0 Å². The largest absolute Gasteiger partial charge is 0.416 e. The Morgan fingerprint density at radius 3 is 1.86 bits per heavy atom. The van der Waals surface area contributed by atoms with Crippen molar-refractivity contribution in [3.05, 3.63) is 125 Å². The smallest absolute Gasteiger partial charge is 0.347 e. The highest BCUT2D eigenvalue weighted by molar-refractivity contribution is 7.85. The van der Waals surface area contributed by atoms with Gasteiger partial charge in [-0.1, -0.05) is 78.9 Å². The molecule has 1 aliphatic rings. The van der Waals surface area contributed by atoms with Crippen LogP contribution < -0.4 is 26.8 Å². The molecular formula is C31H25F6N4O2P. The highest BCUT2D eigenvalue weighted by Crippen LogP contribution is 2.43. The number of benzene rings is 4. The molecule has 0 unspecified atom stereocenters. The quantitative estimate of drug-likeness (QED) is 0.200. The van der Waals surface area contributed by atoms with E-state index in [2.05, 4.69) is 16.0 Å². The number of rotatable bonds is 8. The minimum Gasteiger partial charge on any atom is -0.347 e. The Morgan fingerprint density at radius 1 is 0.795 bits per heavy atom. The zero-order valence-electron chi connectivity index (χ0n) is 22.9. The molecule has 0 saturated heterocycles. The van der Waals surface area contributed by atoms with Crippen molar-refractivity contribution in [1.29, 1.82) is 0 Å². The molecule has 0 aromatic heterocycles. The number of hydrogen-bond acceptors (Lipinski definition) is 5. The van der Waals surface area contributed by atoms with Gasteiger partial charge < -0.3 is 9.88 Å². The molecule has 44 heavy (non-hydrogen) atoms. The molecule has 1 heterocycles. The maximum atomic E-state index is 14.8. The SMILES string of the molecule is O=C(NCC1=NNN(Cc2cc(C(F)(F)F)cc(C(F)(F)F)c2)C1)c1ccccc1P(=O)(c1ccccc1)c1ccccc1. The van der Waals surface area contributed by atoms with Crippen LogP contribution in [0.5, 0.6) is 0 Å². The van der Waals surface area contributed by atoms with Crippen molar-refractivity contribution in [3.8, 4) is 0 Å². The fraction of sp³-hybridized carbons (Fsp3) is 0.161. The molecule has 0 spiro atoms. The number of nitrogens with one attached hydrogen (secondary N) is 2. The number of alkyl halides is 6. The van der Waals surface area contributed by atoms with Gasteiger partial charge in [-0.05, 0) is 29.8 Å². The fourth-order valence-electron chi connectivity index (χ4n) is 4.87. The molecule has 0 radical (unpaired) electrons. The number of amides is 1. The molecule has 0 fully saturated rings. The van der Waals surface area contributed by atoms with E-state index in [1.807, 2.05) is 0 Å². The topological polar surface area (TPSA) is 73.8 Å². The third-order valence-electron chi connectivity index (χ3n) is 6.92. The molecule has 4 aromatic rings. The zero-order chi connectivity index (χ0) is 31.5. The van der Waals surface area contributed by atoms with Crippen molar-refractivity contribution in [2.75, 3.05) is 13.1 Å². The van der Waals surface area contributed by atoms with Crippen LogP contribution in [0.3, 0.4) is 0 Å². The number of carbonyl (C=O) groups is 1. The third kappa shape index (κ3) is 6.71. The van der Waals surface area contributed by atoms with E-state index in [9.17, 15) is 35.7 Å². The average Bonchev–Trinajstić information content (AvgIpc) is 3.46. The monoisotopic (exact) mass is 630 g/mol. The predicted octanol–water partition coefficient (Wildman–Crippen LogP) is 5.47. The molecule has 6 nitrogen and oxygen atoms in total. The van der Waals surface area contributed by atoms with Crippen LogP contribution in [0.15, 0.2) is 108 Å². The number of hydrazone groups is 1. The molecule has 13 heteroatoms. The summed E-state index contributed by atoms with van der Waals surface area (Å²) in [5, 5.41) is 9.58. The molecule has 0 aliphatic carbocycles. The van der Waals surface area contributed by atoms with E-state index >= 15 is 0 Å². The van der Waals surface area contributed by atoms with Crippen molar-refractivity contribution < 1.29 is 35.7 Å². The zero-order valence-corrected chi connectivity index (χ0v) is 23.8. The summed E-state index contributed by atoms with van der Waals surface area (Å²) < 4.78 is 94.3. The summed E-state index contributed by atoms with van der Waals surface area (Å²) >= 11 is 0. The normalized spacial score (nSPS) is 14.2. The van der Waals surface area contributed by atoms with Gasteiger partial charge in [0.05, 0.1) is 35.5 Å². The molecule has 0 saturated carbocycles. The van der Waals surface area contributed by atoms with E-state index in [4.69, 9.17) is 0 Å². The predicted molar refractivity (Wildman–Crippen MR) is 156 cm³/mol. The average molecular weight is 631 g/mol. The Balaban J connectivity index is 1.31. The molecule has 5 rings (SSSR count). The standard InChI is InChI=1S/C31H25F6N4O2P/c32-30(33,34)22-15-21(16-23(17-22)31(35,36)37)19-41-20-24(39-40-41)18-38-29(42)27-13-7-8-14-28(27)44(43,25-9-3-1-4-10-25)26-11-5-2-6-12-26/h1-17,40H,18-20H2,(H,38,42). The van der Waals surface area contributed by atoms with Crippen molar-refractivity contribution in [2.24, 2.45) is 5.10 Å². The molecule has 2 N–H and O–H groups in total. The lowest BCUT2D eigenvalue weighted by Gasteiger charge is -2.22. The minimum absolute atomic E-state index is 0.0199. The number of halogens is 6. The summed E-state index contributed by atoms with van der Waals surface area (Å²) in [5.41, 5.74) is 0.122. The van der Waals surface area contributed by atoms with Crippen LogP contribution in [0.4, 0.5) is 26.3 Å². The van der Waals surface area contributed by atoms with E-state index < -0.39 is 36.5 Å². The van der Waals surface area contributed by atoms with Crippen LogP contribution in [0.2, 0.25) is 0 Å². The van der Waals surface area contributed by atoms with E-state index in [1.165, 1.54) is 5.01 Å². The van der Waals surface area contributed by atoms with Gasteiger partial charge in [0, 0.05) is 22.5 Å². The van der Waals surface area contributed by atoms with E-state index in [0.29, 0.717) is 33.8 Å². The van der Waals surface area contributed by atoms with Crippen LogP contribution in [-0.4, -0.2) is 29.7 Å². The van der Waals surface area contributed by atoms with Crippen LogP contribution in [-0.2, 0) is 23.5 Å². The molecule has 228 valence electrons. The fourth-order valence-corrected chi connectivity index (χ4v) is 7.72. The lowest BCUT2D eigenvalue weighted by Crippen LogP contribution is -2.37.